The minimum Gasteiger partial charge on any atom is -0.329 e. The van der Waals surface area contributed by atoms with Crippen molar-refractivity contribution in [1.29, 1.82) is 0 Å². The van der Waals surface area contributed by atoms with Crippen molar-refractivity contribution < 1.29 is 4.39 Å². The molecule has 2 nitrogen and oxygen atoms in total. The van der Waals surface area contributed by atoms with E-state index in [0.717, 1.165) is 12.5 Å². The van der Waals surface area contributed by atoms with Gasteiger partial charge in [-0.2, -0.15) is 0 Å². The van der Waals surface area contributed by atoms with E-state index in [1.165, 1.54) is 25.3 Å². The Labute approximate surface area is 113 Å². The molecule has 1 unspecified atom stereocenters. The second kappa shape index (κ2) is 6.00. The Balaban J connectivity index is 2.12. The lowest BCUT2D eigenvalue weighted by molar-refractivity contribution is 0.163. The molecule has 1 aliphatic rings. The lowest BCUT2D eigenvalue weighted by atomic mass is 9.84. The molecule has 0 aliphatic heterocycles. The van der Waals surface area contributed by atoms with E-state index in [4.69, 9.17) is 17.3 Å². The number of rotatable bonds is 5. The van der Waals surface area contributed by atoms with Gasteiger partial charge in [0.25, 0.3) is 0 Å². The highest BCUT2D eigenvalue weighted by Gasteiger charge is 2.25. The Bertz CT molecular complexity index is 407. The Morgan fingerprint density at radius 3 is 2.78 bits per heavy atom. The van der Waals surface area contributed by atoms with Crippen LogP contribution in [0.5, 0.6) is 0 Å². The summed E-state index contributed by atoms with van der Waals surface area (Å²) in [5, 5.41) is 0.557. The maximum atomic E-state index is 13.9. The van der Waals surface area contributed by atoms with Crippen molar-refractivity contribution in [2.45, 2.75) is 25.3 Å². The maximum absolute atomic E-state index is 13.9. The molecule has 100 valence electrons. The van der Waals surface area contributed by atoms with Crippen molar-refractivity contribution >= 4 is 11.6 Å². The van der Waals surface area contributed by atoms with Crippen molar-refractivity contribution in [2.75, 3.05) is 20.1 Å². The zero-order valence-electron chi connectivity index (χ0n) is 10.7. The molecule has 18 heavy (non-hydrogen) atoms. The first-order valence-electron chi connectivity index (χ1n) is 6.47. The molecule has 0 amide bonds. The zero-order valence-corrected chi connectivity index (χ0v) is 11.5. The van der Waals surface area contributed by atoms with Gasteiger partial charge in [-0.15, -0.1) is 0 Å². The Kier molecular flexibility index (Phi) is 4.60. The van der Waals surface area contributed by atoms with Crippen LogP contribution in [0.2, 0.25) is 5.02 Å². The molecule has 1 aliphatic carbocycles. The van der Waals surface area contributed by atoms with Gasteiger partial charge in [0, 0.05) is 29.7 Å². The fourth-order valence-electron chi connectivity index (χ4n) is 2.52. The molecule has 0 saturated heterocycles. The van der Waals surface area contributed by atoms with Crippen LogP contribution in [0.25, 0.3) is 0 Å². The molecule has 1 aromatic carbocycles. The fraction of sp³-hybridized carbons (Fsp3) is 0.571. The summed E-state index contributed by atoms with van der Waals surface area (Å²) >= 11 is 5.94. The van der Waals surface area contributed by atoms with E-state index >= 15 is 0 Å². The van der Waals surface area contributed by atoms with Crippen LogP contribution in [-0.4, -0.2) is 25.0 Å². The predicted molar refractivity (Wildman–Crippen MR) is 73.2 cm³/mol. The van der Waals surface area contributed by atoms with Gasteiger partial charge in [-0.3, -0.25) is 4.90 Å². The topological polar surface area (TPSA) is 29.3 Å². The molecule has 0 radical (unpaired) electrons. The van der Waals surface area contributed by atoms with Crippen LogP contribution in [0.15, 0.2) is 18.2 Å². The fourth-order valence-corrected chi connectivity index (χ4v) is 2.70. The van der Waals surface area contributed by atoms with E-state index in [9.17, 15) is 4.39 Å². The number of benzene rings is 1. The summed E-state index contributed by atoms with van der Waals surface area (Å²) in [5.41, 5.74) is 6.41. The van der Waals surface area contributed by atoms with Crippen molar-refractivity contribution in [3.8, 4) is 0 Å². The number of hydrogen-bond donors (Lipinski definition) is 1. The van der Waals surface area contributed by atoms with Crippen molar-refractivity contribution in [2.24, 2.45) is 11.7 Å². The molecule has 0 bridgehead atoms. The quantitative estimate of drug-likeness (QED) is 0.890. The van der Waals surface area contributed by atoms with Crippen molar-refractivity contribution in [3.05, 3.63) is 34.6 Å². The number of hydrogen-bond acceptors (Lipinski definition) is 2. The van der Waals surface area contributed by atoms with E-state index in [1.54, 1.807) is 12.1 Å². The van der Waals surface area contributed by atoms with Crippen LogP contribution in [0.4, 0.5) is 4.39 Å². The minimum atomic E-state index is -0.227. The highest BCUT2D eigenvalue weighted by atomic mass is 35.5. The molecule has 0 heterocycles. The van der Waals surface area contributed by atoms with Gasteiger partial charge in [-0.25, -0.2) is 4.39 Å². The molecule has 1 aromatic rings. The molecular weight excluding hydrogens is 251 g/mol. The van der Waals surface area contributed by atoms with Crippen molar-refractivity contribution in [3.63, 3.8) is 0 Å². The van der Waals surface area contributed by atoms with Gasteiger partial charge in [-0.1, -0.05) is 18.0 Å². The molecule has 1 fully saturated rings. The summed E-state index contributed by atoms with van der Waals surface area (Å²) in [5.74, 6) is 0.515. The van der Waals surface area contributed by atoms with Gasteiger partial charge >= 0.3 is 0 Å². The van der Waals surface area contributed by atoms with Gasteiger partial charge in [0.2, 0.25) is 0 Å². The van der Waals surface area contributed by atoms with Crippen LogP contribution in [0.3, 0.4) is 0 Å². The minimum absolute atomic E-state index is 0.0932. The monoisotopic (exact) mass is 270 g/mol. The SMILES string of the molecule is CN(CC1CCC1)C(CN)c1cc(Cl)ccc1F. The van der Waals surface area contributed by atoms with Crippen LogP contribution in [-0.2, 0) is 0 Å². The van der Waals surface area contributed by atoms with Gasteiger partial charge in [0.05, 0.1) is 0 Å². The predicted octanol–water partition coefficient (Wildman–Crippen LogP) is 3.21. The van der Waals surface area contributed by atoms with E-state index in [1.807, 2.05) is 7.05 Å². The first-order chi connectivity index (χ1) is 8.61. The Hall–Kier alpha value is -0.640. The molecular formula is C14H20ClFN2. The lowest BCUT2D eigenvalue weighted by Gasteiger charge is -2.34. The first-order valence-corrected chi connectivity index (χ1v) is 6.85. The second-order valence-corrected chi connectivity index (χ2v) is 5.59. The molecule has 2 rings (SSSR count). The maximum Gasteiger partial charge on any atom is 0.128 e. The third-order valence-corrected chi connectivity index (χ3v) is 4.08. The molecule has 0 spiro atoms. The smallest absolute Gasteiger partial charge is 0.128 e. The number of nitrogens with two attached hydrogens (primary N) is 1. The largest absolute Gasteiger partial charge is 0.329 e. The summed E-state index contributed by atoms with van der Waals surface area (Å²) in [6.07, 6.45) is 3.87. The summed E-state index contributed by atoms with van der Waals surface area (Å²) in [6, 6.07) is 4.58. The Morgan fingerprint density at radius 2 is 2.22 bits per heavy atom. The number of nitrogens with zero attached hydrogens (tertiary/aromatic N) is 1. The van der Waals surface area contributed by atoms with Gasteiger partial charge in [-0.05, 0) is 44.0 Å². The lowest BCUT2D eigenvalue weighted by Crippen LogP contribution is -2.36. The summed E-state index contributed by atoms with van der Waals surface area (Å²) in [6.45, 7) is 1.38. The normalized spacial score (nSPS) is 17.8. The van der Waals surface area contributed by atoms with E-state index in [0.29, 0.717) is 17.1 Å². The van der Waals surface area contributed by atoms with E-state index in [2.05, 4.69) is 4.90 Å². The second-order valence-electron chi connectivity index (χ2n) is 5.15. The summed E-state index contributed by atoms with van der Waals surface area (Å²) in [4.78, 5) is 2.15. The third-order valence-electron chi connectivity index (χ3n) is 3.84. The average molecular weight is 271 g/mol. The molecule has 0 aromatic heterocycles. The Morgan fingerprint density at radius 1 is 1.50 bits per heavy atom. The highest BCUT2D eigenvalue weighted by molar-refractivity contribution is 6.30. The molecule has 1 atom stereocenters. The molecule has 1 saturated carbocycles. The summed E-state index contributed by atoms with van der Waals surface area (Å²) < 4.78 is 13.9. The first kappa shape index (κ1) is 13.8. The third kappa shape index (κ3) is 3.02. The molecule has 2 N–H and O–H groups in total. The number of likely N-dealkylation sites (N-methyl/N-ethyl adjacent to an activating group) is 1. The average Bonchev–Trinajstić information content (AvgIpc) is 2.29. The van der Waals surface area contributed by atoms with Crippen LogP contribution in [0.1, 0.15) is 30.9 Å². The molecule has 4 heteroatoms. The van der Waals surface area contributed by atoms with Gasteiger partial charge in [0.1, 0.15) is 5.82 Å². The van der Waals surface area contributed by atoms with Crippen LogP contribution in [0, 0.1) is 11.7 Å². The standard InChI is InChI=1S/C14H20ClFN2/c1-18(9-10-3-2-4-10)14(8-17)12-7-11(15)5-6-13(12)16/h5-7,10,14H,2-4,8-9,17H2,1H3. The van der Waals surface area contributed by atoms with E-state index < -0.39 is 0 Å². The van der Waals surface area contributed by atoms with Crippen molar-refractivity contribution in [1.82, 2.24) is 4.90 Å². The highest BCUT2D eigenvalue weighted by Crippen LogP contribution is 2.30. The summed E-state index contributed by atoms with van der Waals surface area (Å²) in [7, 11) is 2.01. The number of halogens is 2. The van der Waals surface area contributed by atoms with Gasteiger partial charge in [0.15, 0.2) is 0 Å². The van der Waals surface area contributed by atoms with E-state index in [-0.39, 0.29) is 11.9 Å². The zero-order chi connectivity index (χ0) is 13.1. The van der Waals surface area contributed by atoms with Gasteiger partial charge < -0.3 is 5.73 Å². The van der Waals surface area contributed by atoms with Crippen LogP contribution >= 0.6 is 11.6 Å². The van der Waals surface area contributed by atoms with Crippen LogP contribution < -0.4 is 5.73 Å².